The summed E-state index contributed by atoms with van der Waals surface area (Å²) in [5, 5.41) is 0.0695. The summed E-state index contributed by atoms with van der Waals surface area (Å²) >= 11 is 0. The molecule has 3 heterocycles. The molecule has 0 aliphatic carbocycles. The molecule has 21 heavy (non-hydrogen) atoms. The minimum atomic E-state index is -3.61. The summed E-state index contributed by atoms with van der Waals surface area (Å²) < 4.78 is 39.7. The van der Waals surface area contributed by atoms with E-state index in [0.29, 0.717) is 26.4 Å². The molecule has 0 amide bonds. The molecule has 2 aliphatic heterocycles. The lowest BCUT2D eigenvalue weighted by Gasteiger charge is -2.20. The molecular formula is C13H19N3O4S. The highest BCUT2D eigenvalue weighted by Crippen LogP contribution is 2.35. The van der Waals surface area contributed by atoms with Crippen LogP contribution in [0.4, 0.5) is 0 Å². The van der Waals surface area contributed by atoms with Gasteiger partial charge in [0.25, 0.3) is 10.0 Å². The Balaban J connectivity index is 1.86. The van der Waals surface area contributed by atoms with E-state index in [1.807, 2.05) is 0 Å². The van der Waals surface area contributed by atoms with Crippen LogP contribution in [0.5, 0.6) is 0 Å². The zero-order chi connectivity index (χ0) is 15.0. The van der Waals surface area contributed by atoms with Crippen LogP contribution in [0.25, 0.3) is 0 Å². The average molecular weight is 313 g/mol. The molecule has 8 heteroatoms. The number of aryl methyl sites for hydroxylation is 1. The highest BCUT2D eigenvalue weighted by molar-refractivity contribution is 7.89. The lowest BCUT2D eigenvalue weighted by Crippen LogP contribution is -2.38. The third-order valence-corrected chi connectivity index (χ3v) is 5.76. The number of imidazole rings is 1. The van der Waals surface area contributed by atoms with Crippen molar-refractivity contribution in [2.24, 2.45) is 13.0 Å². The Morgan fingerprint density at radius 3 is 3.05 bits per heavy atom. The van der Waals surface area contributed by atoms with Gasteiger partial charge in [0.05, 0.1) is 38.3 Å². The van der Waals surface area contributed by atoms with Crippen molar-refractivity contribution in [3.8, 4) is 0 Å². The van der Waals surface area contributed by atoms with Crippen LogP contribution >= 0.6 is 0 Å². The fourth-order valence-corrected chi connectivity index (χ4v) is 4.58. The molecule has 3 rings (SSSR count). The minimum Gasteiger partial charge on any atom is -0.379 e. The van der Waals surface area contributed by atoms with Crippen LogP contribution in [-0.4, -0.2) is 60.8 Å². The summed E-state index contributed by atoms with van der Waals surface area (Å²) in [5.41, 5.74) is 0. The molecule has 2 aliphatic rings. The molecular weight excluding hydrogens is 294 g/mol. The van der Waals surface area contributed by atoms with E-state index in [1.165, 1.54) is 16.8 Å². The monoisotopic (exact) mass is 313 g/mol. The number of rotatable bonds is 5. The van der Waals surface area contributed by atoms with E-state index in [4.69, 9.17) is 9.47 Å². The van der Waals surface area contributed by atoms with Gasteiger partial charge in [-0.1, -0.05) is 6.08 Å². The van der Waals surface area contributed by atoms with Crippen LogP contribution in [0.2, 0.25) is 0 Å². The molecule has 0 N–H and O–H groups in total. The van der Waals surface area contributed by atoms with Crippen molar-refractivity contribution in [1.82, 2.24) is 13.9 Å². The second kappa shape index (κ2) is 5.53. The molecule has 116 valence electrons. The fraction of sp³-hybridized carbons (Fsp3) is 0.615. The van der Waals surface area contributed by atoms with Crippen LogP contribution in [0.3, 0.4) is 0 Å². The maximum atomic E-state index is 12.7. The van der Waals surface area contributed by atoms with E-state index < -0.39 is 10.0 Å². The second-order valence-corrected chi connectivity index (χ2v) is 7.22. The van der Waals surface area contributed by atoms with E-state index in [2.05, 4.69) is 11.6 Å². The Morgan fingerprint density at radius 1 is 1.57 bits per heavy atom. The molecule has 1 aromatic rings. The van der Waals surface area contributed by atoms with Crippen LogP contribution in [-0.2, 0) is 26.5 Å². The minimum absolute atomic E-state index is 0.0695. The molecule has 2 saturated heterocycles. The van der Waals surface area contributed by atoms with Crippen LogP contribution in [0.1, 0.15) is 0 Å². The largest absolute Gasteiger partial charge is 0.379 e. The van der Waals surface area contributed by atoms with Crippen LogP contribution in [0, 0.1) is 5.92 Å². The predicted molar refractivity (Wildman–Crippen MR) is 75.1 cm³/mol. The highest BCUT2D eigenvalue weighted by Gasteiger charge is 2.51. The molecule has 0 bridgehead atoms. The zero-order valence-electron chi connectivity index (χ0n) is 11.9. The molecule has 2 fully saturated rings. The van der Waals surface area contributed by atoms with Gasteiger partial charge in [-0.15, -0.1) is 6.58 Å². The average Bonchev–Trinajstić information content (AvgIpc) is 3.12. The third-order valence-electron chi connectivity index (χ3n) is 3.98. The Bertz CT molecular complexity index is 627. The van der Waals surface area contributed by atoms with E-state index in [0.717, 1.165) is 0 Å². The van der Waals surface area contributed by atoms with Gasteiger partial charge in [0.2, 0.25) is 0 Å². The lowest BCUT2D eigenvalue weighted by atomic mass is 10.0. The number of aromatic nitrogens is 2. The Morgan fingerprint density at radius 2 is 2.38 bits per heavy atom. The van der Waals surface area contributed by atoms with Crippen molar-refractivity contribution in [1.29, 1.82) is 0 Å². The Labute approximate surface area is 124 Å². The van der Waals surface area contributed by atoms with Gasteiger partial charge in [-0.2, -0.15) is 4.31 Å². The van der Waals surface area contributed by atoms with Crippen molar-refractivity contribution in [2.45, 2.75) is 17.2 Å². The predicted octanol–water partition coefficient (Wildman–Crippen LogP) is 0.0106. The molecule has 0 saturated carbocycles. The number of hydrogen-bond acceptors (Lipinski definition) is 5. The summed E-state index contributed by atoms with van der Waals surface area (Å²) in [6.45, 7) is 5.31. The Hall–Kier alpha value is -1.22. The number of ether oxygens (including phenoxy) is 2. The number of nitrogens with zero attached hydrogens (tertiary/aromatic N) is 3. The summed E-state index contributed by atoms with van der Waals surface area (Å²) in [6, 6.07) is -0.174. The lowest BCUT2D eigenvalue weighted by molar-refractivity contribution is 0.0394. The zero-order valence-corrected chi connectivity index (χ0v) is 12.7. The van der Waals surface area contributed by atoms with E-state index >= 15 is 0 Å². The Kier molecular flexibility index (Phi) is 3.87. The topological polar surface area (TPSA) is 73.7 Å². The molecule has 7 nitrogen and oxygen atoms in total. The fourth-order valence-electron chi connectivity index (χ4n) is 2.95. The van der Waals surface area contributed by atoms with E-state index in [1.54, 1.807) is 17.7 Å². The van der Waals surface area contributed by atoms with Gasteiger partial charge in [-0.25, -0.2) is 13.4 Å². The van der Waals surface area contributed by atoms with Crippen molar-refractivity contribution in [3.63, 3.8) is 0 Å². The smallest absolute Gasteiger partial charge is 0.262 e. The van der Waals surface area contributed by atoms with Gasteiger partial charge in [0.1, 0.15) is 0 Å². The van der Waals surface area contributed by atoms with Gasteiger partial charge in [-0.3, -0.25) is 0 Å². The first kappa shape index (κ1) is 14.7. The van der Waals surface area contributed by atoms with Gasteiger partial charge < -0.3 is 14.0 Å². The maximum absolute atomic E-state index is 12.7. The summed E-state index contributed by atoms with van der Waals surface area (Å²) in [6.07, 6.45) is 4.50. The molecule has 0 radical (unpaired) electrons. The van der Waals surface area contributed by atoms with E-state index in [9.17, 15) is 8.42 Å². The number of sulfonamides is 1. The van der Waals surface area contributed by atoms with Gasteiger partial charge in [-0.05, 0) is 0 Å². The van der Waals surface area contributed by atoms with Crippen molar-refractivity contribution >= 4 is 10.0 Å². The van der Waals surface area contributed by atoms with Crippen LogP contribution < -0.4 is 0 Å². The number of hydrogen-bond donors (Lipinski definition) is 0. The van der Waals surface area contributed by atoms with Gasteiger partial charge in [0, 0.05) is 25.7 Å². The molecule has 0 spiro atoms. The van der Waals surface area contributed by atoms with Crippen molar-refractivity contribution < 1.29 is 17.9 Å². The first-order valence-corrected chi connectivity index (χ1v) is 8.28. The first-order chi connectivity index (χ1) is 10.0. The molecule has 1 aromatic heterocycles. The first-order valence-electron chi connectivity index (χ1n) is 6.84. The highest BCUT2D eigenvalue weighted by atomic mass is 32.2. The van der Waals surface area contributed by atoms with Gasteiger partial charge in [0.15, 0.2) is 5.03 Å². The van der Waals surface area contributed by atoms with E-state index in [-0.39, 0.29) is 23.1 Å². The standard InChI is InChI=1S/C13H19N3O4S/c1-3-4-20-12-5-16(11-8-19-7-10(11)12)21(17,18)13-6-15(2)9-14-13/h3,6,9-12H,1,4-5,7-8H2,2H3/t10-,11+,12-/m1/s1. The number of fused-ring (bicyclic) bond motifs is 1. The SMILES string of the molecule is C=CCO[C@@H]1CN(S(=O)(=O)c2cn(C)cn2)[C@H]2COC[C@@H]12. The molecule has 0 aromatic carbocycles. The van der Waals surface area contributed by atoms with Crippen molar-refractivity contribution in [2.75, 3.05) is 26.4 Å². The molecule has 3 atom stereocenters. The summed E-state index contributed by atoms with van der Waals surface area (Å²) in [5.74, 6) is 0.0726. The van der Waals surface area contributed by atoms with Gasteiger partial charge >= 0.3 is 0 Å². The summed E-state index contributed by atoms with van der Waals surface area (Å²) in [7, 11) is -1.87. The summed E-state index contributed by atoms with van der Waals surface area (Å²) in [4.78, 5) is 3.97. The van der Waals surface area contributed by atoms with Crippen LogP contribution in [0.15, 0.2) is 30.2 Å². The normalized spacial score (nSPS) is 29.7. The molecule has 0 unspecified atom stereocenters. The second-order valence-electron chi connectivity index (χ2n) is 5.38. The third kappa shape index (κ3) is 2.52. The van der Waals surface area contributed by atoms with Crippen molar-refractivity contribution in [3.05, 3.63) is 25.2 Å². The quantitative estimate of drug-likeness (QED) is 0.716. The maximum Gasteiger partial charge on any atom is 0.262 e.